The van der Waals surface area contributed by atoms with Crippen LogP contribution in [0.3, 0.4) is 0 Å². The SMILES string of the molecule is Cc1nn(-c2ccccc2)c(C)c1C(=O)N(C)Cc1c(Br)cnn1C. The number of hydrogen-bond donors (Lipinski definition) is 0. The molecule has 0 bridgehead atoms. The molecule has 25 heavy (non-hydrogen) atoms. The molecule has 3 rings (SSSR count). The predicted octanol–water partition coefficient (Wildman–Crippen LogP) is 3.26. The minimum absolute atomic E-state index is 0.0507. The summed E-state index contributed by atoms with van der Waals surface area (Å²) in [5, 5.41) is 8.75. The van der Waals surface area contributed by atoms with Gasteiger partial charge in [0.2, 0.25) is 0 Å². The first kappa shape index (κ1) is 17.4. The van der Waals surface area contributed by atoms with E-state index in [0.29, 0.717) is 12.1 Å². The lowest BCUT2D eigenvalue weighted by Gasteiger charge is -2.18. The van der Waals surface area contributed by atoms with Gasteiger partial charge in [0.1, 0.15) is 0 Å². The summed E-state index contributed by atoms with van der Waals surface area (Å²) in [6.07, 6.45) is 1.73. The molecule has 2 aromatic heterocycles. The van der Waals surface area contributed by atoms with E-state index in [9.17, 15) is 4.79 Å². The number of benzene rings is 1. The van der Waals surface area contributed by atoms with Crippen LogP contribution in [0, 0.1) is 13.8 Å². The van der Waals surface area contributed by atoms with E-state index >= 15 is 0 Å². The molecule has 0 aliphatic rings. The number of carbonyl (C=O) groups is 1. The lowest BCUT2D eigenvalue weighted by atomic mass is 10.1. The zero-order chi connectivity index (χ0) is 18.1. The number of hydrogen-bond acceptors (Lipinski definition) is 3. The molecule has 0 fully saturated rings. The second-order valence-electron chi connectivity index (χ2n) is 6.02. The van der Waals surface area contributed by atoms with E-state index in [2.05, 4.69) is 26.1 Å². The number of para-hydroxylation sites is 1. The molecule has 0 aliphatic carbocycles. The number of halogens is 1. The summed E-state index contributed by atoms with van der Waals surface area (Å²) in [5.74, 6) is -0.0507. The van der Waals surface area contributed by atoms with Crippen LogP contribution in [0.1, 0.15) is 27.4 Å². The van der Waals surface area contributed by atoms with E-state index in [-0.39, 0.29) is 5.91 Å². The molecule has 6 nitrogen and oxygen atoms in total. The maximum Gasteiger partial charge on any atom is 0.257 e. The predicted molar refractivity (Wildman–Crippen MR) is 99.7 cm³/mol. The number of aryl methyl sites for hydroxylation is 2. The summed E-state index contributed by atoms with van der Waals surface area (Å²) >= 11 is 3.48. The number of carbonyl (C=O) groups excluding carboxylic acids is 1. The largest absolute Gasteiger partial charge is 0.336 e. The van der Waals surface area contributed by atoms with E-state index in [1.54, 1.807) is 22.8 Å². The van der Waals surface area contributed by atoms with Crippen LogP contribution in [-0.4, -0.2) is 37.4 Å². The van der Waals surface area contributed by atoms with Gasteiger partial charge in [0.25, 0.3) is 5.91 Å². The van der Waals surface area contributed by atoms with Crippen LogP contribution < -0.4 is 0 Å². The fourth-order valence-electron chi connectivity index (χ4n) is 2.87. The third kappa shape index (κ3) is 3.24. The first-order valence-corrected chi connectivity index (χ1v) is 8.73. The van der Waals surface area contributed by atoms with Gasteiger partial charge >= 0.3 is 0 Å². The van der Waals surface area contributed by atoms with Gasteiger partial charge in [-0.3, -0.25) is 9.48 Å². The highest BCUT2D eigenvalue weighted by Gasteiger charge is 2.23. The monoisotopic (exact) mass is 401 g/mol. The standard InChI is InChI=1S/C18H20BrN5O/c1-12-17(13(2)24(21-12)14-8-6-5-7-9-14)18(25)22(3)11-16-15(19)10-20-23(16)4/h5-10H,11H2,1-4H3. The molecule has 0 saturated heterocycles. The fourth-order valence-corrected chi connectivity index (χ4v) is 3.35. The molecule has 0 radical (unpaired) electrons. The van der Waals surface area contributed by atoms with Gasteiger partial charge in [-0.15, -0.1) is 0 Å². The first-order valence-electron chi connectivity index (χ1n) is 7.93. The Balaban J connectivity index is 1.91. The van der Waals surface area contributed by atoms with Crippen LogP contribution in [0.25, 0.3) is 5.69 Å². The summed E-state index contributed by atoms with van der Waals surface area (Å²) in [6.45, 7) is 4.26. The van der Waals surface area contributed by atoms with Crippen molar-refractivity contribution in [3.63, 3.8) is 0 Å². The molecule has 7 heteroatoms. The minimum Gasteiger partial charge on any atom is -0.336 e. The Labute approximate surface area is 155 Å². The van der Waals surface area contributed by atoms with Gasteiger partial charge in [0.15, 0.2) is 0 Å². The van der Waals surface area contributed by atoms with Gasteiger partial charge in [-0.1, -0.05) is 18.2 Å². The third-order valence-corrected chi connectivity index (χ3v) is 4.91. The van der Waals surface area contributed by atoms with Crippen LogP contribution >= 0.6 is 15.9 Å². The summed E-state index contributed by atoms with van der Waals surface area (Å²) < 4.78 is 4.47. The molecule has 3 aromatic rings. The third-order valence-electron chi connectivity index (χ3n) is 4.25. The molecule has 1 aromatic carbocycles. The van der Waals surface area contributed by atoms with Crippen molar-refractivity contribution in [3.05, 3.63) is 63.6 Å². The quantitative estimate of drug-likeness (QED) is 0.673. The highest BCUT2D eigenvalue weighted by atomic mass is 79.9. The molecule has 0 atom stereocenters. The van der Waals surface area contributed by atoms with E-state index in [4.69, 9.17) is 0 Å². The topological polar surface area (TPSA) is 56.0 Å². The lowest BCUT2D eigenvalue weighted by molar-refractivity contribution is 0.0780. The normalized spacial score (nSPS) is 10.9. The van der Waals surface area contributed by atoms with Crippen molar-refractivity contribution in [2.45, 2.75) is 20.4 Å². The van der Waals surface area contributed by atoms with Gasteiger partial charge in [0, 0.05) is 14.1 Å². The smallest absolute Gasteiger partial charge is 0.257 e. The molecule has 0 unspecified atom stereocenters. The maximum atomic E-state index is 13.0. The second-order valence-corrected chi connectivity index (χ2v) is 6.87. The lowest BCUT2D eigenvalue weighted by Crippen LogP contribution is -2.28. The van der Waals surface area contributed by atoms with Crippen LogP contribution in [0.2, 0.25) is 0 Å². The van der Waals surface area contributed by atoms with Crippen molar-refractivity contribution >= 4 is 21.8 Å². The maximum absolute atomic E-state index is 13.0. The Bertz CT molecular complexity index is 894. The average molecular weight is 402 g/mol. The van der Waals surface area contributed by atoms with Crippen LogP contribution in [0.5, 0.6) is 0 Å². The molecular weight excluding hydrogens is 382 g/mol. The zero-order valence-electron chi connectivity index (χ0n) is 14.7. The Kier molecular flexibility index (Phi) is 4.76. The average Bonchev–Trinajstić information content (AvgIpc) is 3.08. The fraction of sp³-hybridized carbons (Fsp3) is 0.278. The Morgan fingerprint density at radius 3 is 2.52 bits per heavy atom. The van der Waals surface area contributed by atoms with Crippen LogP contribution in [-0.2, 0) is 13.6 Å². The number of rotatable bonds is 4. The van der Waals surface area contributed by atoms with E-state index < -0.39 is 0 Å². The van der Waals surface area contributed by atoms with Crippen molar-refractivity contribution in [2.24, 2.45) is 7.05 Å². The van der Waals surface area contributed by atoms with Crippen LogP contribution in [0.4, 0.5) is 0 Å². The molecule has 0 aliphatic heterocycles. The number of amides is 1. The van der Waals surface area contributed by atoms with Gasteiger partial charge < -0.3 is 4.90 Å². The molecule has 1 amide bonds. The molecule has 2 heterocycles. The highest BCUT2D eigenvalue weighted by molar-refractivity contribution is 9.10. The first-order chi connectivity index (χ1) is 11.9. The second kappa shape index (κ2) is 6.84. The van der Waals surface area contributed by atoms with E-state index in [1.807, 2.05) is 55.9 Å². The Morgan fingerprint density at radius 2 is 1.92 bits per heavy atom. The van der Waals surface area contributed by atoms with Crippen molar-refractivity contribution < 1.29 is 4.79 Å². The molecule has 130 valence electrons. The van der Waals surface area contributed by atoms with Crippen molar-refractivity contribution in [1.29, 1.82) is 0 Å². The minimum atomic E-state index is -0.0507. The molecule has 0 N–H and O–H groups in total. The van der Waals surface area contributed by atoms with Gasteiger partial charge in [-0.05, 0) is 41.9 Å². The Hall–Kier alpha value is -2.41. The zero-order valence-corrected chi connectivity index (χ0v) is 16.3. The van der Waals surface area contributed by atoms with E-state index in [0.717, 1.165) is 27.2 Å². The Morgan fingerprint density at radius 1 is 1.24 bits per heavy atom. The van der Waals surface area contributed by atoms with E-state index in [1.165, 1.54) is 0 Å². The summed E-state index contributed by atoms with van der Waals surface area (Å²) in [7, 11) is 3.66. The summed E-state index contributed by atoms with van der Waals surface area (Å²) in [4.78, 5) is 14.7. The van der Waals surface area contributed by atoms with Crippen molar-refractivity contribution in [2.75, 3.05) is 7.05 Å². The van der Waals surface area contributed by atoms with Gasteiger partial charge in [0.05, 0.1) is 45.5 Å². The van der Waals surface area contributed by atoms with Gasteiger partial charge in [-0.2, -0.15) is 10.2 Å². The molecule has 0 saturated carbocycles. The summed E-state index contributed by atoms with van der Waals surface area (Å²) in [5.41, 5.74) is 4.09. The summed E-state index contributed by atoms with van der Waals surface area (Å²) in [6, 6.07) is 9.83. The molecular formula is C18H20BrN5O. The number of aromatic nitrogens is 4. The molecule has 0 spiro atoms. The van der Waals surface area contributed by atoms with Crippen molar-refractivity contribution in [1.82, 2.24) is 24.5 Å². The van der Waals surface area contributed by atoms with Crippen molar-refractivity contribution in [3.8, 4) is 5.69 Å². The van der Waals surface area contributed by atoms with Crippen LogP contribution in [0.15, 0.2) is 41.0 Å². The van der Waals surface area contributed by atoms with Gasteiger partial charge in [-0.25, -0.2) is 4.68 Å². The number of nitrogens with zero attached hydrogens (tertiary/aromatic N) is 5. The highest BCUT2D eigenvalue weighted by Crippen LogP contribution is 2.21.